The molecule has 1 saturated heterocycles. The molecule has 55 heavy (non-hydrogen) atoms. The predicted octanol–water partition coefficient (Wildman–Crippen LogP) is 8.47. The first-order valence-corrected chi connectivity index (χ1v) is 18.1. The molecule has 2 aliphatic rings. The van der Waals surface area contributed by atoms with E-state index in [2.05, 4.69) is 11.2 Å². The van der Waals surface area contributed by atoms with Crippen LogP contribution in [0.4, 0.5) is 30.7 Å². The highest BCUT2D eigenvalue weighted by molar-refractivity contribution is 5.82. The number of carboxylic acids is 1. The standard InChI is InChI=1S/C41H44F7N3O4/c1-7-25-15-28(35-23(5)13-22(4)14-24(35)6)38(43)36(37(25)42)31(17-34(53)54)49-39(55)32(12-21(2)3)51-20-29(30(16-33(51)52)41(46,47)48)26-8-10-50(11-9-26)19-27-18-40(27,44)45/h1,13-16,20-21,26-27,31-32H,8-12,17-19H2,2-6H3,(H,49,55)(H,53,54)/t27-,31+,32-/m1/s1. The van der Waals surface area contributed by atoms with Gasteiger partial charge in [-0.25, -0.2) is 17.6 Å². The third kappa shape index (κ3) is 9.09. The number of rotatable bonds is 12. The van der Waals surface area contributed by atoms with Gasteiger partial charge in [-0.3, -0.25) is 14.4 Å². The monoisotopic (exact) mass is 775 g/mol. The summed E-state index contributed by atoms with van der Waals surface area (Å²) in [5.41, 5.74) is -1.42. The quantitative estimate of drug-likeness (QED) is 0.142. The molecule has 1 aromatic heterocycles. The Morgan fingerprint density at radius 3 is 2.15 bits per heavy atom. The maximum absolute atomic E-state index is 16.6. The van der Waals surface area contributed by atoms with E-state index in [9.17, 15) is 41.4 Å². The number of aliphatic carboxylic acids is 1. The van der Waals surface area contributed by atoms with Gasteiger partial charge in [0.05, 0.1) is 23.6 Å². The van der Waals surface area contributed by atoms with E-state index >= 15 is 8.78 Å². The van der Waals surface area contributed by atoms with Crippen LogP contribution in [0.1, 0.15) is 103 Å². The second kappa shape index (κ2) is 15.8. The van der Waals surface area contributed by atoms with Gasteiger partial charge >= 0.3 is 12.1 Å². The minimum atomic E-state index is -4.94. The molecular weight excluding hydrogens is 731 g/mol. The fourth-order valence-corrected chi connectivity index (χ4v) is 7.90. The number of benzene rings is 2. The molecule has 296 valence electrons. The number of pyridine rings is 1. The normalized spacial score (nSPS) is 18.5. The lowest BCUT2D eigenvalue weighted by Gasteiger charge is -2.34. The molecule has 2 heterocycles. The first kappa shape index (κ1) is 41.5. The van der Waals surface area contributed by atoms with Crippen molar-refractivity contribution in [2.24, 2.45) is 11.8 Å². The van der Waals surface area contributed by atoms with Gasteiger partial charge in [0.2, 0.25) is 5.91 Å². The first-order valence-electron chi connectivity index (χ1n) is 18.1. The molecule has 3 atom stereocenters. The number of halogens is 7. The van der Waals surface area contributed by atoms with Crippen LogP contribution in [0.2, 0.25) is 0 Å². The van der Waals surface area contributed by atoms with Crippen LogP contribution < -0.4 is 10.9 Å². The van der Waals surface area contributed by atoms with Crippen LogP contribution >= 0.6 is 0 Å². The summed E-state index contributed by atoms with van der Waals surface area (Å²) in [6.45, 7) is 9.28. The zero-order valence-electron chi connectivity index (χ0n) is 31.2. The van der Waals surface area contributed by atoms with E-state index in [1.807, 2.05) is 6.92 Å². The summed E-state index contributed by atoms with van der Waals surface area (Å²) in [6.07, 6.45) is 0.648. The molecule has 5 rings (SSSR count). The van der Waals surface area contributed by atoms with Crippen molar-refractivity contribution in [1.29, 1.82) is 0 Å². The Labute approximate surface area is 314 Å². The summed E-state index contributed by atoms with van der Waals surface area (Å²) >= 11 is 0. The van der Waals surface area contributed by atoms with Crippen LogP contribution in [0.25, 0.3) is 11.1 Å². The topological polar surface area (TPSA) is 91.6 Å². The Balaban J connectivity index is 1.56. The maximum atomic E-state index is 16.6. The van der Waals surface area contributed by atoms with Crippen molar-refractivity contribution < 1.29 is 45.4 Å². The van der Waals surface area contributed by atoms with Crippen LogP contribution in [0.5, 0.6) is 0 Å². The second-order valence-corrected chi connectivity index (χ2v) is 15.4. The maximum Gasteiger partial charge on any atom is 0.416 e. The molecule has 14 heteroatoms. The van der Waals surface area contributed by atoms with Crippen molar-refractivity contribution in [2.45, 2.75) is 96.8 Å². The van der Waals surface area contributed by atoms with Crippen molar-refractivity contribution in [2.75, 3.05) is 19.6 Å². The number of hydrogen-bond acceptors (Lipinski definition) is 4. The number of carboxylic acid groups (broad SMARTS) is 1. The number of likely N-dealkylation sites (tertiary alicyclic amines) is 1. The van der Waals surface area contributed by atoms with Crippen molar-refractivity contribution in [1.82, 2.24) is 14.8 Å². The average molecular weight is 776 g/mol. The lowest BCUT2D eigenvalue weighted by atomic mass is 9.87. The number of carbonyl (C=O) groups is 2. The molecule has 2 fully saturated rings. The molecular formula is C41H44F7N3O4. The summed E-state index contributed by atoms with van der Waals surface area (Å²) in [5, 5.41) is 12.3. The lowest BCUT2D eigenvalue weighted by Crippen LogP contribution is -2.41. The van der Waals surface area contributed by atoms with E-state index in [4.69, 9.17) is 6.42 Å². The van der Waals surface area contributed by atoms with E-state index in [-0.39, 0.29) is 62.4 Å². The number of terminal acetylenes is 1. The van der Waals surface area contributed by atoms with E-state index in [1.165, 1.54) is 0 Å². The van der Waals surface area contributed by atoms with E-state index in [0.717, 1.165) is 22.4 Å². The number of aryl methyl sites for hydroxylation is 3. The van der Waals surface area contributed by atoms with Gasteiger partial charge in [-0.1, -0.05) is 37.5 Å². The molecule has 1 aliphatic carbocycles. The van der Waals surface area contributed by atoms with Gasteiger partial charge in [-0.2, -0.15) is 13.2 Å². The Morgan fingerprint density at radius 1 is 1.04 bits per heavy atom. The summed E-state index contributed by atoms with van der Waals surface area (Å²) in [5.74, 6) is -7.47. The minimum absolute atomic E-state index is 0.118. The number of aromatic nitrogens is 1. The highest BCUT2D eigenvalue weighted by Gasteiger charge is 2.57. The van der Waals surface area contributed by atoms with Gasteiger partial charge in [-0.15, -0.1) is 6.42 Å². The van der Waals surface area contributed by atoms with E-state index in [1.54, 1.807) is 44.7 Å². The zero-order chi connectivity index (χ0) is 40.7. The number of nitrogens with zero attached hydrogens (tertiary/aromatic N) is 2. The Morgan fingerprint density at radius 2 is 1.64 bits per heavy atom. The second-order valence-electron chi connectivity index (χ2n) is 15.4. The largest absolute Gasteiger partial charge is 0.481 e. The van der Waals surface area contributed by atoms with Crippen LogP contribution in [0.15, 0.2) is 35.3 Å². The van der Waals surface area contributed by atoms with Crippen molar-refractivity contribution in [3.8, 4) is 23.5 Å². The van der Waals surface area contributed by atoms with Crippen molar-refractivity contribution >= 4 is 11.9 Å². The summed E-state index contributed by atoms with van der Waals surface area (Å²) < 4.78 is 104. The van der Waals surface area contributed by atoms with Gasteiger partial charge in [0, 0.05) is 42.3 Å². The minimum Gasteiger partial charge on any atom is -0.481 e. The Bertz CT molecular complexity index is 2050. The Kier molecular flexibility index (Phi) is 12.0. The smallest absolute Gasteiger partial charge is 0.416 e. The fourth-order valence-electron chi connectivity index (χ4n) is 7.90. The number of nitrogens with one attached hydrogen (secondary N) is 1. The fraction of sp³-hybridized carbons (Fsp3) is 0.488. The van der Waals surface area contributed by atoms with Crippen LogP contribution in [-0.2, 0) is 15.8 Å². The van der Waals surface area contributed by atoms with Crippen LogP contribution in [0.3, 0.4) is 0 Å². The molecule has 0 bridgehead atoms. The third-order valence-electron chi connectivity index (χ3n) is 10.6. The van der Waals surface area contributed by atoms with E-state index in [0.29, 0.717) is 22.8 Å². The van der Waals surface area contributed by atoms with Gasteiger partial charge in [0.1, 0.15) is 17.7 Å². The summed E-state index contributed by atoms with van der Waals surface area (Å²) in [6, 6.07) is 1.73. The molecule has 7 nitrogen and oxygen atoms in total. The van der Waals surface area contributed by atoms with E-state index < -0.39 is 88.2 Å². The molecule has 0 unspecified atom stereocenters. The van der Waals surface area contributed by atoms with Crippen molar-refractivity contribution in [3.63, 3.8) is 0 Å². The SMILES string of the molecule is C#Cc1cc(-c2c(C)cc(C)cc2C)c(F)c([C@H](CC(=O)O)NC(=O)[C@@H](CC(C)C)n2cc(C3CCN(C[C@H]4CC4(F)F)CC3)c(C(F)(F)F)cc2=O)c1F. The van der Waals surface area contributed by atoms with Gasteiger partial charge in [0.15, 0.2) is 0 Å². The molecule has 3 aromatic rings. The first-order chi connectivity index (χ1) is 25.6. The summed E-state index contributed by atoms with van der Waals surface area (Å²) in [7, 11) is 0. The summed E-state index contributed by atoms with van der Waals surface area (Å²) in [4.78, 5) is 41.6. The van der Waals surface area contributed by atoms with Gasteiger partial charge in [0.25, 0.3) is 11.5 Å². The van der Waals surface area contributed by atoms with Gasteiger partial charge in [-0.05, 0) is 93.3 Å². The highest BCUT2D eigenvalue weighted by Crippen LogP contribution is 2.49. The average Bonchev–Trinajstić information content (AvgIpc) is 3.68. The number of alkyl halides is 5. The number of hydrogen-bond donors (Lipinski definition) is 2. The van der Waals surface area contributed by atoms with Gasteiger partial charge < -0.3 is 19.9 Å². The predicted molar refractivity (Wildman–Crippen MR) is 193 cm³/mol. The number of piperidine rings is 1. The highest BCUT2D eigenvalue weighted by atomic mass is 19.4. The molecule has 2 aromatic carbocycles. The molecule has 1 amide bonds. The molecule has 1 aliphatic heterocycles. The zero-order valence-corrected chi connectivity index (χ0v) is 31.2. The molecule has 0 radical (unpaired) electrons. The van der Waals surface area contributed by atoms with Crippen LogP contribution in [-0.4, -0.2) is 52.0 Å². The molecule has 0 spiro atoms. The Hall–Kier alpha value is -4.64. The number of carbonyl (C=O) groups excluding carboxylic acids is 1. The van der Waals surface area contributed by atoms with Crippen LogP contribution in [0, 0.1) is 56.6 Å². The molecule has 1 saturated carbocycles. The number of amides is 1. The lowest BCUT2D eigenvalue weighted by molar-refractivity contribution is -0.139. The third-order valence-corrected chi connectivity index (χ3v) is 10.6. The molecule has 2 N–H and O–H groups in total. The van der Waals surface area contributed by atoms with Crippen molar-refractivity contribution in [3.05, 3.63) is 91.4 Å².